The molecule has 1 amide bonds. The van der Waals surface area contributed by atoms with E-state index >= 15 is 0 Å². The molecule has 0 spiro atoms. The van der Waals surface area contributed by atoms with Gasteiger partial charge in [0.1, 0.15) is 17.8 Å². The van der Waals surface area contributed by atoms with Crippen LogP contribution in [0.25, 0.3) is 0 Å². The highest BCUT2D eigenvalue weighted by molar-refractivity contribution is 6.03. The van der Waals surface area contributed by atoms with Gasteiger partial charge in [-0.25, -0.2) is 9.97 Å². The number of hydrogen-bond donors (Lipinski definition) is 1. The third-order valence-corrected chi connectivity index (χ3v) is 4.41. The minimum absolute atomic E-state index is 0.184. The standard InChI is InChI=1S/C19H22F3N3O/c1-4-12(2)5-6-14-7-8-15(9-13(14)3)18(26)25-17-10-16(19(20,21)22)23-11-24-17/h7-12H,4-6H2,1-3H3,(H,23,24,25,26). The Morgan fingerprint density at radius 3 is 2.58 bits per heavy atom. The monoisotopic (exact) mass is 365 g/mol. The highest BCUT2D eigenvalue weighted by Gasteiger charge is 2.33. The molecule has 0 fully saturated rings. The number of aromatic nitrogens is 2. The van der Waals surface area contributed by atoms with Crippen molar-refractivity contribution in [2.45, 2.75) is 46.2 Å². The topological polar surface area (TPSA) is 54.9 Å². The summed E-state index contributed by atoms with van der Waals surface area (Å²) in [6, 6.07) is 6.03. The van der Waals surface area contributed by atoms with E-state index in [0.717, 1.165) is 31.2 Å². The molecule has 0 aliphatic carbocycles. The summed E-state index contributed by atoms with van der Waals surface area (Å²) in [4.78, 5) is 19.1. The average Bonchev–Trinajstić information content (AvgIpc) is 2.59. The van der Waals surface area contributed by atoms with E-state index < -0.39 is 17.8 Å². The van der Waals surface area contributed by atoms with Crippen molar-refractivity contribution in [2.24, 2.45) is 5.92 Å². The Hall–Kier alpha value is -2.44. The zero-order valence-corrected chi connectivity index (χ0v) is 15.0. The molecule has 1 aromatic carbocycles. The maximum absolute atomic E-state index is 12.7. The van der Waals surface area contributed by atoms with E-state index in [-0.39, 0.29) is 5.82 Å². The summed E-state index contributed by atoms with van der Waals surface area (Å²) in [5.74, 6) is -0.0535. The number of aryl methyl sites for hydroxylation is 2. The summed E-state index contributed by atoms with van der Waals surface area (Å²) in [7, 11) is 0. The van der Waals surface area contributed by atoms with Crippen molar-refractivity contribution < 1.29 is 18.0 Å². The fourth-order valence-corrected chi connectivity index (χ4v) is 2.49. The summed E-state index contributed by atoms with van der Waals surface area (Å²) in [6.45, 7) is 6.28. The van der Waals surface area contributed by atoms with Gasteiger partial charge < -0.3 is 5.32 Å². The molecule has 0 saturated carbocycles. The van der Waals surface area contributed by atoms with Gasteiger partial charge in [-0.15, -0.1) is 0 Å². The van der Waals surface area contributed by atoms with Gasteiger partial charge in [-0.05, 0) is 48.9 Å². The molecule has 1 N–H and O–H groups in total. The number of carbonyl (C=O) groups excluding carboxylic acids is 1. The lowest BCUT2D eigenvalue weighted by Crippen LogP contribution is -2.15. The van der Waals surface area contributed by atoms with Crippen LogP contribution in [0.2, 0.25) is 0 Å². The Bertz CT molecular complexity index is 775. The highest BCUT2D eigenvalue weighted by Crippen LogP contribution is 2.28. The Morgan fingerprint density at radius 1 is 1.23 bits per heavy atom. The van der Waals surface area contributed by atoms with Gasteiger partial charge in [0.15, 0.2) is 0 Å². The van der Waals surface area contributed by atoms with Crippen LogP contribution in [0.4, 0.5) is 19.0 Å². The summed E-state index contributed by atoms with van der Waals surface area (Å²) < 4.78 is 38.0. The first-order valence-corrected chi connectivity index (χ1v) is 8.50. The highest BCUT2D eigenvalue weighted by atomic mass is 19.4. The molecule has 1 heterocycles. The van der Waals surface area contributed by atoms with E-state index in [1.54, 1.807) is 12.1 Å². The largest absolute Gasteiger partial charge is 0.433 e. The first kappa shape index (κ1) is 19.9. The molecule has 1 aromatic heterocycles. The first-order chi connectivity index (χ1) is 12.2. The molecule has 0 radical (unpaired) electrons. The lowest BCUT2D eigenvalue weighted by molar-refractivity contribution is -0.141. The molecule has 2 aromatic rings. The molecule has 26 heavy (non-hydrogen) atoms. The number of halogens is 3. The molecule has 0 bridgehead atoms. The van der Waals surface area contributed by atoms with Crippen molar-refractivity contribution in [1.29, 1.82) is 0 Å². The number of amides is 1. The van der Waals surface area contributed by atoms with E-state index in [1.807, 2.05) is 13.0 Å². The predicted octanol–water partition coefficient (Wildman–Crippen LogP) is 5.03. The van der Waals surface area contributed by atoms with Gasteiger partial charge in [0.25, 0.3) is 5.91 Å². The molecular weight excluding hydrogens is 343 g/mol. The number of hydrogen-bond acceptors (Lipinski definition) is 3. The number of rotatable bonds is 6. The number of anilines is 1. The van der Waals surface area contributed by atoms with E-state index in [0.29, 0.717) is 17.5 Å². The average molecular weight is 365 g/mol. The van der Waals surface area contributed by atoms with E-state index in [2.05, 4.69) is 29.1 Å². The number of benzene rings is 1. The zero-order valence-electron chi connectivity index (χ0n) is 15.0. The Balaban J connectivity index is 2.09. The quantitative estimate of drug-likeness (QED) is 0.781. The van der Waals surface area contributed by atoms with E-state index in [1.165, 1.54) is 5.56 Å². The lowest BCUT2D eigenvalue weighted by Gasteiger charge is -2.12. The maximum Gasteiger partial charge on any atom is 0.433 e. The molecule has 4 nitrogen and oxygen atoms in total. The normalized spacial score (nSPS) is 12.7. The zero-order chi connectivity index (χ0) is 19.3. The molecule has 7 heteroatoms. The third kappa shape index (κ3) is 5.28. The van der Waals surface area contributed by atoms with Gasteiger partial charge in [-0.3, -0.25) is 4.79 Å². The minimum Gasteiger partial charge on any atom is -0.306 e. The second-order valence-electron chi connectivity index (χ2n) is 6.43. The fourth-order valence-electron chi connectivity index (χ4n) is 2.49. The second-order valence-corrected chi connectivity index (χ2v) is 6.43. The van der Waals surface area contributed by atoms with Crippen molar-refractivity contribution in [1.82, 2.24) is 9.97 Å². The SMILES string of the molecule is CCC(C)CCc1ccc(C(=O)Nc2cc(C(F)(F)F)ncn2)cc1C. The summed E-state index contributed by atoms with van der Waals surface area (Å²) in [5.41, 5.74) is 1.43. The molecule has 0 saturated heterocycles. The molecule has 140 valence electrons. The third-order valence-electron chi connectivity index (χ3n) is 4.41. The summed E-state index contributed by atoms with van der Waals surface area (Å²) in [6.07, 6.45) is -0.677. The summed E-state index contributed by atoms with van der Waals surface area (Å²) in [5, 5.41) is 2.39. The molecule has 2 rings (SSSR count). The van der Waals surface area contributed by atoms with Crippen LogP contribution in [0.15, 0.2) is 30.6 Å². The molecule has 0 aliphatic heterocycles. The van der Waals surface area contributed by atoms with Crippen LogP contribution in [0.3, 0.4) is 0 Å². The van der Waals surface area contributed by atoms with Crippen LogP contribution in [0.5, 0.6) is 0 Å². The predicted molar refractivity (Wildman–Crippen MR) is 93.9 cm³/mol. The number of nitrogens with zero attached hydrogens (tertiary/aromatic N) is 2. The Labute approximate surface area is 150 Å². The van der Waals surface area contributed by atoms with Gasteiger partial charge >= 0.3 is 6.18 Å². The van der Waals surface area contributed by atoms with Gasteiger partial charge in [0.2, 0.25) is 0 Å². The van der Waals surface area contributed by atoms with Gasteiger partial charge in [0, 0.05) is 11.6 Å². The number of alkyl halides is 3. The van der Waals surface area contributed by atoms with Crippen molar-refractivity contribution in [3.8, 4) is 0 Å². The van der Waals surface area contributed by atoms with Crippen molar-refractivity contribution >= 4 is 11.7 Å². The minimum atomic E-state index is -4.59. The van der Waals surface area contributed by atoms with E-state index in [4.69, 9.17) is 0 Å². The maximum atomic E-state index is 12.7. The smallest absolute Gasteiger partial charge is 0.306 e. The second kappa shape index (κ2) is 8.29. The molecular formula is C19H22F3N3O. The van der Waals surface area contributed by atoms with Gasteiger partial charge in [-0.1, -0.05) is 26.3 Å². The Morgan fingerprint density at radius 2 is 1.96 bits per heavy atom. The fraction of sp³-hybridized carbons (Fsp3) is 0.421. The number of nitrogens with one attached hydrogen (secondary N) is 1. The van der Waals surface area contributed by atoms with Crippen molar-refractivity contribution in [3.63, 3.8) is 0 Å². The molecule has 1 unspecified atom stereocenters. The van der Waals surface area contributed by atoms with Crippen molar-refractivity contribution in [3.05, 3.63) is 53.0 Å². The first-order valence-electron chi connectivity index (χ1n) is 8.50. The van der Waals surface area contributed by atoms with Crippen molar-refractivity contribution in [2.75, 3.05) is 5.32 Å². The van der Waals surface area contributed by atoms with Crippen LogP contribution in [-0.2, 0) is 12.6 Å². The van der Waals surface area contributed by atoms with Gasteiger partial charge in [-0.2, -0.15) is 13.2 Å². The lowest BCUT2D eigenvalue weighted by atomic mass is 9.95. The van der Waals surface area contributed by atoms with Gasteiger partial charge in [0.05, 0.1) is 0 Å². The molecule has 0 aliphatic rings. The summed E-state index contributed by atoms with van der Waals surface area (Å²) >= 11 is 0. The van der Waals surface area contributed by atoms with Crippen LogP contribution in [-0.4, -0.2) is 15.9 Å². The number of carbonyl (C=O) groups is 1. The van der Waals surface area contributed by atoms with Crippen LogP contribution in [0, 0.1) is 12.8 Å². The molecule has 1 atom stereocenters. The van der Waals surface area contributed by atoms with E-state index in [9.17, 15) is 18.0 Å². The van der Waals surface area contributed by atoms with Crippen LogP contribution < -0.4 is 5.32 Å². The van der Waals surface area contributed by atoms with Crippen LogP contribution >= 0.6 is 0 Å². The Kier molecular flexibility index (Phi) is 6.34. The van der Waals surface area contributed by atoms with Crippen LogP contribution in [0.1, 0.15) is 53.9 Å².